The molecule has 0 radical (unpaired) electrons. The van der Waals surface area contributed by atoms with Crippen molar-refractivity contribution in [3.8, 4) is 11.6 Å². The van der Waals surface area contributed by atoms with Crippen LogP contribution in [0.5, 0.6) is 11.6 Å². The van der Waals surface area contributed by atoms with Crippen LogP contribution in [0.3, 0.4) is 0 Å². The van der Waals surface area contributed by atoms with E-state index in [1.54, 1.807) is 52.3 Å². The number of methoxy groups -OCH3 is 2. The minimum Gasteiger partial charge on any atom is -0.490 e. The smallest absolute Gasteiger partial charge is 0.286 e. The lowest BCUT2D eigenvalue weighted by Crippen LogP contribution is -2.49. The third-order valence-electron chi connectivity index (χ3n) is 11.7. The Bertz CT molecular complexity index is 2070. The number of carbonyl (C=O) groups is 2. The van der Waals surface area contributed by atoms with E-state index in [0.717, 1.165) is 37.8 Å². The number of aromatic nitrogens is 2. The van der Waals surface area contributed by atoms with Gasteiger partial charge in [0, 0.05) is 55.4 Å². The number of nitrogens with one attached hydrogen (secondary N) is 1. The van der Waals surface area contributed by atoms with Crippen molar-refractivity contribution >= 4 is 39.0 Å². The van der Waals surface area contributed by atoms with Crippen molar-refractivity contribution < 1.29 is 33.1 Å². The Morgan fingerprint density at radius 1 is 1.19 bits per heavy atom. The first kappa shape index (κ1) is 37.4. The highest BCUT2D eigenvalue weighted by atomic mass is 35.5. The molecule has 2 aliphatic carbocycles. The summed E-state index contributed by atoms with van der Waals surface area (Å²) in [4.78, 5) is 30.0. The number of benzene rings is 2. The zero-order chi connectivity index (χ0) is 37.7. The van der Waals surface area contributed by atoms with Crippen molar-refractivity contribution in [3.63, 3.8) is 0 Å². The van der Waals surface area contributed by atoms with E-state index in [2.05, 4.69) is 31.2 Å². The van der Waals surface area contributed by atoms with E-state index in [1.165, 1.54) is 29.1 Å². The second kappa shape index (κ2) is 14.4. The molecule has 7 atom stereocenters. The molecule has 284 valence electrons. The number of fused-ring (bicyclic) bond motifs is 4. The van der Waals surface area contributed by atoms with E-state index in [1.807, 2.05) is 12.1 Å². The summed E-state index contributed by atoms with van der Waals surface area (Å²) >= 11 is 6.46. The molecule has 12 nitrogen and oxygen atoms in total. The first-order valence-electron chi connectivity index (χ1n) is 18.2. The number of aryl methyl sites for hydroxylation is 2. The monoisotopic (exact) mass is 765 g/mol. The fraction of sp³-hybridized carbons (Fsp3) is 0.513. The molecule has 3 heterocycles. The van der Waals surface area contributed by atoms with Crippen molar-refractivity contribution in [2.24, 2.45) is 29.2 Å². The molecule has 2 bridgehead atoms. The number of amides is 2. The molecule has 3 aromatic rings. The summed E-state index contributed by atoms with van der Waals surface area (Å²) in [5, 5.41) is 16.5. The first-order valence-corrected chi connectivity index (χ1v) is 20.2. The van der Waals surface area contributed by atoms with Crippen LogP contribution in [0.25, 0.3) is 0 Å². The van der Waals surface area contributed by atoms with Crippen LogP contribution in [0.15, 0.2) is 59.1 Å². The van der Waals surface area contributed by atoms with Crippen LogP contribution < -0.4 is 19.1 Å². The van der Waals surface area contributed by atoms with E-state index in [9.17, 15) is 18.9 Å². The van der Waals surface area contributed by atoms with Gasteiger partial charge in [-0.2, -0.15) is 0 Å². The van der Waals surface area contributed by atoms with Gasteiger partial charge < -0.3 is 24.2 Å². The average Bonchev–Trinajstić information content (AvgIpc) is 3.43. The number of ether oxygens (including phenoxy) is 3. The van der Waals surface area contributed by atoms with Gasteiger partial charge in [-0.3, -0.25) is 19.0 Å². The molecule has 2 aliphatic heterocycles. The Morgan fingerprint density at radius 3 is 2.74 bits per heavy atom. The summed E-state index contributed by atoms with van der Waals surface area (Å²) in [5.41, 5.74) is 1.67. The number of hydrogen-bond acceptors (Lipinski definition) is 9. The van der Waals surface area contributed by atoms with Gasteiger partial charge in [-0.1, -0.05) is 36.7 Å². The van der Waals surface area contributed by atoms with Crippen molar-refractivity contribution in [3.05, 3.63) is 82.0 Å². The molecule has 1 fully saturated rings. The van der Waals surface area contributed by atoms with Gasteiger partial charge in [0.15, 0.2) is 0 Å². The number of hydrogen-bond donors (Lipinski definition) is 2. The maximum atomic E-state index is 14.7. The second-order valence-electron chi connectivity index (χ2n) is 15.3. The summed E-state index contributed by atoms with van der Waals surface area (Å²) in [6, 6.07) is 11.3. The molecule has 1 aromatic heterocycles. The van der Waals surface area contributed by atoms with E-state index in [0.29, 0.717) is 30.5 Å². The first-order chi connectivity index (χ1) is 25.2. The Labute approximate surface area is 316 Å². The highest BCUT2D eigenvalue weighted by Gasteiger charge is 2.45. The fourth-order valence-corrected chi connectivity index (χ4v) is 10.6. The predicted molar refractivity (Wildman–Crippen MR) is 203 cm³/mol. The number of nitrogens with zero attached hydrogens (tertiary/aromatic N) is 4. The molecular formula is C39H48ClN5O7S. The largest absolute Gasteiger partial charge is 0.490 e. The van der Waals surface area contributed by atoms with Crippen LogP contribution in [0.2, 0.25) is 5.02 Å². The predicted octanol–water partition coefficient (Wildman–Crippen LogP) is 5.51. The number of carbonyl (C=O) groups excluding carboxylic acids is 2. The summed E-state index contributed by atoms with van der Waals surface area (Å²) in [6.45, 7) is 5.15. The standard InChI is InChI=1S/C39H48ClN5O7S/c1-24-21-53(49,43-36(47)30-20-44(3)41-37(30)51-5)42-35(46)26-9-13-34-32(18-26)45(19-27-8-11-29(27)33(50-4)14-16-38(24,2)48)22-39(23-52-34)15-6-7-25-17-28(40)10-12-31(25)39/h9-10,12-14,16-18,20,24,27,29,33,48H,6-8,11,15,19,21-23H2,1-5H3,(H,42,43,46,47,49)/b16-14+/t24-,27+,29-,33+,38+,39+,53?/m1/s1. The third kappa shape index (κ3) is 7.33. The molecule has 1 saturated carbocycles. The summed E-state index contributed by atoms with van der Waals surface area (Å²) in [7, 11) is 0.856. The number of halogens is 1. The Balaban J connectivity index is 1.33. The lowest BCUT2D eigenvalue weighted by atomic mass is 9.68. The van der Waals surface area contributed by atoms with Gasteiger partial charge in [0.2, 0.25) is 5.88 Å². The van der Waals surface area contributed by atoms with Gasteiger partial charge >= 0.3 is 0 Å². The molecule has 4 aliphatic rings. The second-order valence-corrected chi connectivity index (χ2v) is 17.8. The zero-order valence-corrected chi connectivity index (χ0v) is 32.4. The van der Waals surface area contributed by atoms with E-state index >= 15 is 0 Å². The average molecular weight is 766 g/mol. The highest BCUT2D eigenvalue weighted by molar-refractivity contribution is 7.92. The molecule has 2 amide bonds. The Morgan fingerprint density at radius 2 is 2.00 bits per heavy atom. The van der Waals surface area contributed by atoms with Crippen molar-refractivity contribution in [1.82, 2.24) is 14.5 Å². The Kier molecular flexibility index (Phi) is 10.2. The highest BCUT2D eigenvalue weighted by Crippen LogP contribution is 2.47. The SMILES string of the molecule is COc1nn(C)cc1C(=O)NS1(=O)=NC(=O)c2ccc3c(c2)N(C[C@@H]2CC[C@H]2[C@@H](OC)/C=C/[C@](C)(O)[C@H](C)C1)C[C@@]1(CCCc2cc(Cl)ccc21)CO3. The van der Waals surface area contributed by atoms with Crippen LogP contribution >= 0.6 is 11.6 Å². The molecule has 14 heteroatoms. The van der Waals surface area contributed by atoms with Gasteiger partial charge in [-0.25, -0.2) is 4.21 Å². The molecule has 2 aromatic carbocycles. The van der Waals surface area contributed by atoms with E-state index in [-0.39, 0.29) is 46.1 Å². The van der Waals surface area contributed by atoms with Crippen LogP contribution in [0.4, 0.5) is 5.69 Å². The summed E-state index contributed by atoms with van der Waals surface area (Å²) in [5.74, 6) is -1.41. The number of anilines is 1. The topological polar surface area (TPSA) is 145 Å². The number of rotatable bonds is 4. The quantitative estimate of drug-likeness (QED) is 0.329. The van der Waals surface area contributed by atoms with Crippen LogP contribution in [-0.4, -0.2) is 82.3 Å². The van der Waals surface area contributed by atoms with Gasteiger partial charge in [0.1, 0.15) is 21.2 Å². The van der Waals surface area contributed by atoms with Crippen LogP contribution in [0.1, 0.15) is 71.4 Å². The number of aliphatic hydroxyl groups is 1. The maximum Gasteiger partial charge on any atom is 0.286 e. The van der Waals surface area contributed by atoms with E-state index in [4.69, 9.17) is 25.8 Å². The molecule has 0 saturated heterocycles. The van der Waals surface area contributed by atoms with Crippen molar-refractivity contribution in [2.75, 3.05) is 44.6 Å². The lowest BCUT2D eigenvalue weighted by molar-refractivity contribution is 0.0101. The minimum atomic E-state index is -3.82. The summed E-state index contributed by atoms with van der Waals surface area (Å²) < 4.78 is 40.8. The van der Waals surface area contributed by atoms with Gasteiger partial charge in [0.05, 0.1) is 36.9 Å². The van der Waals surface area contributed by atoms with Crippen LogP contribution in [0, 0.1) is 17.8 Å². The van der Waals surface area contributed by atoms with Crippen molar-refractivity contribution in [1.29, 1.82) is 0 Å². The zero-order valence-electron chi connectivity index (χ0n) is 30.8. The molecule has 53 heavy (non-hydrogen) atoms. The molecule has 2 N–H and O–H groups in total. The fourth-order valence-electron chi connectivity index (χ4n) is 8.40. The summed E-state index contributed by atoms with van der Waals surface area (Å²) in [6.07, 6.45) is 9.58. The third-order valence-corrected chi connectivity index (χ3v) is 13.9. The van der Waals surface area contributed by atoms with E-state index < -0.39 is 33.2 Å². The molecule has 1 unspecified atom stereocenters. The maximum absolute atomic E-state index is 14.7. The van der Waals surface area contributed by atoms with Crippen molar-refractivity contribution in [2.45, 2.75) is 63.1 Å². The molecular weight excluding hydrogens is 718 g/mol. The van der Waals surface area contributed by atoms with Gasteiger partial charge in [0.25, 0.3) is 11.8 Å². The molecule has 7 rings (SSSR count). The normalized spacial score (nSPS) is 31.9. The van der Waals surface area contributed by atoms with Gasteiger partial charge in [-0.15, -0.1) is 9.46 Å². The lowest BCUT2D eigenvalue weighted by Gasteiger charge is -2.46. The van der Waals surface area contributed by atoms with Gasteiger partial charge in [-0.05, 0) is 92.3 Å². The Hall–Kier alpha value is -3.91. The minimum absolute atomic E-state index is 0.0303. The van der Waals surface area contributed by atoms with Crippen LogP contribution in [-0.2, 0) is 33.5 Å². The molecule has 1 spiro atoms.